The number of halogens is 3. The number of anilines is 1. The number of hydrogen-bond donors (Lipinski definition) is 2. The van der Waals surface area contributed by atoms with Crippen LogP contribution in [0.2, 0.25) is 10.0 Å². The van der Waals surface area contributed by atoms with E-state index in [4.69, 9.17) is 32.7 Å². The topological polar surface area (TPSA) is 50.7 Å². The zero-order valence-corrected chi connectivity index (χ0v) is 15.7. The van der Waals surface area contributed by atoms with E-state index < -0.39 is 0 Å². The Hall–Kier alpha value is -1.30. The zero-order chi connectivity index (χ0) is 17.0. The maximum Gasteiger partial charge on any atom is 0.167 e. The van der Waals surface area contributed by atoms with Crippen molar-refractivity contribution in [2.24, 2.45) is 0 Å². The van der Waals surface area contributed by atoms with Crippen LogP contribution in [-0.4, -0.2) is 18.8 Å². The maximum absolute atomic E-state index is 9.61. The summed E-state index contributed by atoms with van der Waals surface area (Å²) in [5.41, 5.74) is 1.60. The molecule has 23 heavy (non-hydrogen) atoms. The molecule has 0 aliphatic carbocycles. The molecule has 0 unspecified atom stereocenters. The first-order valence-corrected chi connectivity index (χ1v) is 8.42. The zero-order valence-electron chi connectivity index (χ0n) is 12.6. The van der Waals surface area contributed by atoms with Gasteiger partial charge in [-0.1, -0.05) is 39.1 Å². The third-order valence-electron chi connectivity index (χ3n) is 3.16. The van der Waals surface area contributed by atoms with Crippen molar-refractivity contribution in [2.75, 3.05) is 19.0 Å². The third-order valence-corrected chi connectivity index (χ3v) is 4.48. The van der Waals surface area contributed by atoms with E-state index in [-0.39, 0.29) is 15.8 Å². The second-order valence-electron chi connectivity index (χ2n) is 4.63. The molecule has 0 radical (unpaired) electrons. The number of nitrogens with one attached hydrogen (secondary N) is 1. The van der Waals surface area contributed by atoms with Gasteiger partial charge in [0, 0.05) is 22.3 Å². The minimum absolute atomic E-state index is 0.128. The van der Waals surface area contributed by atoms with Gasteiger partial charge in [0.2, 0.25) is 0 Å². The maximum atomic E-state index is 9.61. The summed E-state index contributed by atoms with van der Waals surface area (Å²) >= 11 is 15.4. The lowest BCUT2D eigenvalue weighted by molar-refractivity contribution is 0.307. The van der Waals surface area contributed by atoms with E-state index in [1.807, 2.05) is 19.1 Å². The highest BCUT2D eigenvalue weighted by Crippen LogP contribution is 2.38. The van der Waals surface area contributed by atoms with Crippen LogP contribution in [0.4, 0.5) is 5.69 Å². The Morgan fingerprint density at radius 1 is 1.22 bits per heavy atom. The molecular weight excluding hydrogens is 405 g/mol. The number of methoxy groups -OCH3 is 1. The van der Waals surface area contributed by atoms with Gasteiger partial charge in [0.1, 0.15) is 0 Å². The van der Waals surface area contributed by atoms with Crippen LogP contribution in [0, 0.1) is 0 Å². The molecule has 0 saturated carbocycles. The summed E-state index contributed by atoms with van der Waals surface area (Å²) in [6, 6.07) is 6.95. The minimum Gasteiger partial charge on any atom is -0.505 e. The van der Waals surface area contributed by atoms with E-state index in [0.29, 0.717) is 30.3 Å². The predicted octanol–water partition coefficient (Wildman–Crippen LogP) is 5.48. The molecule has 0 bridgehead atoms. The lowest BCUT2D eigenvalue weighted by Crippen LogP contribution is -2.06. The normalized spacial score (nSPS) is 10.5. The Balaban J connectivity index is 2.29. The molecule has 2 aromatic rings. The molecule has 0 spiro atoms. The van der Waals surface area contributed by atoms with E-state index in [2.05, 4.69) is 21.2 Å². The molecule has 0 amide bonds. The molecule has 2 N–H and O–H groups in total. The molecule has 0 fully saturated rings. The molecule has 124 valence electrons. The first kappa shape index (κ1) is 18.0. The summed E-state index contributed by atoms with van der Waals surface area (Å²) in [5, 5.41) is 13.2. The van der Waals surface area contributed by atoms with Crippen LogP contribution < -0.4 is 14.8 Å². The van der Waals surface area contributed by atoms with Gasteiger partial charge in [-0.15, -0.1) is 0 Å². The van der Waals surface area contributed by atoms with Crippen molar-refractivity contribution in [1.82, 2.24) is 0 Å². The Morgan fingerprint density at radius 2 is 1.87 bits per heavy atom. The highest BCUT2D eigenvalue weighted by atomic mass is 79.9. The molecule has 0 aromatic heterocycles. The van der Waals surface area contributed by atoms with Gasteiger partial charge < -0.3 is 19.9 Å². The summed E-state index contributed by atoms with van der Waals surface area (Å²) < 4.78 is 12.0. The fraction of sp³-hybridized carbons (Fsp3) is 0.250. The van der Waals surface area contributed by atoms with Crippen LogP contribution in [0.3, 0.4) is 0 Å². The van der Waals surface area contributed by atoms with Crippen molar-refractivity contribution in [1.29, 1.82) is 0 Å². The molecule has 7 heteroatoms. The van der Waals surface area contributed by atoms with Crippen molar-refractivity contribution in [3.05, 3.63) is 44.3 Å². The molecule has 0 heterocycles. The lowest BCUT2D eigenvalue weighted by Gasteiger charge is -2.17. The number of rotatable bonds is 6. The van der Waals surface area contributed by atoms with Gasteiger partial charge in [-0.3, -0.25) is 0 Å². The van der Waals surface area contributed by atoms with Crippen LogP contribution in [0.5, 0.6) is 17.2 Å². The van der Waals surface area contributed by atoms with Gasteiger partial charge in [-0.25, -0.2) is 0 Å². The number of phenolic OH excluding ortho intramolecular Hbond substituents is 1. The molecule has 0 atom stereocenters. The van der Waals surface area contributed by atoms with Crippen molar-refractivity contribution in [2.45, 2.75) is 13.5 Å². The molecule has 4 nitrogen and oxygen atoms in total. The highest BCUT2D eigenvalue weighted by molar-refractivity contribution is 9.10. The fourth-order valence-corrected chi connectivity index (χ4v) is 3.01. The van der Waals surface area contributed by atoms with Gasteiger partial charge in [-0.2, -0.15) is 0 Å². The van der Waals surface area contributed by atoms with E-state index in [1.54, 1.807) is 19.2 Å². The van der Waals surface area contributed by atoms with Gasteiger partial charge >= 0.3 is 0 Å². The second-order valence-corrected chi connectivity index (χ2v) is 6.30. The second kappa shape index (κ2) is 7.99. The standard InChI is InChI=1S/C16H16BrCl2NO3/c1-3-23-16-10(11(17)4-5-14(16)22-2)8-20-9-6-12(18)15(21)13(19)7-9/h4-7,20-21H,3,8H2,1-2H3. The van der Waals surface area contributed by atoms with E-state index in [1.165, 1.54) is 0 Å². The SMILES string of the molecule is CCOc1c(OC)ccc(Br)c1CNc1cc(Cl)c(O)c(Cl)c1. The highest BCUT2D eigenvalue weighted by Gasteiger charge is 2.15. The molecule has 2 aromatic carbocycles. The summed E-state index contributed by atoms with van der Waals surface area (Å²) in [6.07, 6.45) is 0. The lowest BCUT2D eigenvalue weighted by atomic mass is 10.1. The Kier molecular flexibility index (Phi) is 6.27. The molecule has 0 aliphatic heterocycles. The van der Waals surface area contributed by atoms with E-state index in [9.17, 15) is 5.11 Å². The molecule has 0 aliphatic rings. The first-order chi connectivity index (χ1) is 11.0. The van der Waals surface area contributed by atoms with Crippen molar-refractivity contribution in [3.8, 4) is 17.2 Å². The van der Waals surface area contributed by atoms with Gasteiger partial charge in [0.25, 0.3) is 0 Å². The molecule has 0 saturated heterocycles. The number of aromatic hydroxyl groups is 1. The molecule has 2 rings (SSSR count). The minimum atomic E-state index is -0.128. The summed E-state index contributed by atoms with van der Waals surface area (Å²) in [4.78, 5) is 0. The smallest absolute Gasteiger partial charge is 0.167 e. The number of benzene rings is 2. The summed E-state index contributed by atoms with van der Waals surface area (Å²) in [5.74, 6) is 1.21. The van der Waals surface area contributed by atoms with Crippen LogP contribution >= 0.6 is 39.1 Å². The monoisotopic (exact) mass is 419 g/mol. The summed E-state index contributed by atoms with van der Waals surface area (Å²) in [7, 11) is 1.60. The Labute approximate surface area is 153 Å². The average molecular weight is 421 g/mol. The van der Waals surface area contributed by atoms with Gasteiger partial charge in [0.05, 0.1) is 23.8 Å². The third kappa shape index (κ3) is 4.16. The predicted molar refractivity (Wildman–Crippen MR) is 97.3 cm³/mol. The van der Waals surface area contributed by atoms with Crippen molar-refractivity contribution in [3.63, 3.8) is 0 Å². The number of hydrogen-bond acceptors (Lipinski definition) is 4. The number of ether oxygens (including phenoxy) is 2. The summed E-state index contributed by atoms with van der Waals surface area (Å²) in [6.45, 7) is 2.90. The van der Waals surface area contributed by atoms with Crippen LogP contribution in [0.15, 0.2) is 28.7 Å². The van der Waals surface area contributed by atoms with E-state index >= 15 is 0 Å². The van der Waals surface area contributed by atoms with Gasteiger partial charge in [0.15, 0.2) is 17.2 Å². The van der Waals surface area contributed by atoms with Crippen LogP contribution in [-0.2, 0) is 6.54 Å². The Morgan fingerprint density at radius 3 is 2.43 bits per heavy atom. The quantitative estimate of drug-likeness (QED) is 0.607. The van der Waals surface area contributed by atoms with Crippen molar-refractivity contribution >= 4 is 44.8 Å². The Bertz CT molecular complexity index is 687. The fourth-order valence-electron chi connectivity index (χ4n) is 2.07. The van der Waals surface area contributed by atoms with Crippen molar-refractivity contribution < 1.29 is 14.6 Å². The molecular formula is C16H16BrCl2NO3. The van der Waals surface area contributed by atoms with Crippen LogP contribution in [0.1, 0.15) is 12.5 Å². The van der Waals surface area contributed by atoms with Crippen LogP contribution in [0.25, 0.3) is 0 Å². The average Bonchev–Trinajstić information content (AvgIpc) is 2.52. The first-order valence-electron chi connectivity index (χ1n) is 6.88. The van der Waals surface area contributed by atoms with E-state index in [0.717, 1.165) is 10.0 Å². The largest absolute Gasteiger partial charge is 0.505 e. The number of phenols is 1. The van der Waals surface area contributed by atoms with Gasteiger partial charge in [-0.05, 0) is 31.2 Å².